The van der Waals surface area contributed by atoms with Gasteiger partial charge in [-0.15, -0.1) is 0 Å². The van der Waals surface area contributed by atoms with Gasteiger partial charge in [0.2, 0.25) is 5.71 Å². The van der Waals surface area contributed by atoms with Crippen LogP contribution >= 0.6 is 11.3 Å². The van der Waals surface area contributed by atoms with Gasteiger partial charge in [-0.3, -0.25) is 0 Å². The van der Waals surface area contributed by atoms with Gasteiger partial charge < -0.3 is 14.6 Å². The fraction of sp³-hybridized carbons (Fsp3) is 0. The lowest BCUT2D eigenvalue weighted by molar-refractivity contribution is 0.343. The van der Waals surface area contributed by atoms with E-state index in [1.165, 1.54) is 6.07 Å². The van der Waals surface area contributed by atoms with Crippen molar-refractivity contribution in [2.24, 2.45) is 0 Å². The normalized spacial score (nSPS) is 10.8. The van der Waals surface area contributed by atoms with Gasteiger partial charge in [0.15, 0.2) is 0 Å². The van der Waals surface area contributed by atoms with E-state index in [1.807, 2.05) is 0 Å². The quantitative estimate of drug-likeness (QED) is 0.604. The summed E-state index contributed by atoms with van der Waals surface area (Å²) in [6.45, 7) is 0. The van der Waals surface area contributed by atoms with Crippen molar-refractivity contribution < 1.29 is 14.6 Å². The first-order chi connectivity index (χ1) is 4.75. The highest BCUT2D eigenvalue weighted by molar-refractivity contribution is 7.20. The topological polar surface area (TPSA) is 66.5 Å². The number of hydrogen-bond donors (Lipinski definition) is 2. The third-order valence-electron chi connectivity index (χ3n) is 1.07. The van der Waals surface area contributed by atoms with Crippen molar-refractivity contribution in [3.63, 3.8) is 0 Å². The summed E-state index contributed by atoms with van der Waals surface area (Å²) < 4.78 is 5.33. The third kappa shape index (κ3) is 0.640. The fourth-order valence-corrected chi connectivity index (χ4v) is 1.37. The van der Waals surface area contributed by atoms with Crippen molar-refractivity contribution in [3.8, 4) is 11.1 Å². The van der Waals surface area contributed by atoms with E-state index < -0.39 is 0 Å². The van der Waals surface area contributed by atoms with Gasteiger partial charge in [0.05, 0.1) is 0 Å². The van der Waals surface area contributed by atoms with Gasteiger partial charge in [-0.25, -0.2) is 0 Å². The summed E-state index contributed by atoms with van der Waals surface area (Å²) in [4.78, 5) is 3.58. The van der Waals surface area contributed by atoms with Gasteiger partial charge in [-0.2, -0.15) is 4.98 Å². The molecule has 0 aliphatic rings. The van der Waals surface area contributed by atoms with Gasteiger partial charge >= 0.3 is 0 Å². The standard InChI is InChI=1S/C5H3NO3S/c7-3-1-2-4(9-3)6-5(8)10-2/h1,7H,(H,6,8). The fourth-order valence-electron chi connectivity index (χ4n) is 0.712. The Morgan fingerprint density at radius 2 is 2.30 bits per heavy atom. The average molecular weight is 157 g/mol. The molecule has 2 heterocycles. The third-order valence-corrected chi connectivity index (χ3v) is 1.85. The van der Waals surface area contributed by atoms with E-state index in [-0.39, 0.29) is 16.9 Å². The molecule has 0 bridgehead atoms. The molecule has 0 aliphatic heterocycles. The molecule has 0 saturated heterocycles. The van der Waals surface area contributed by atoms with E-state index in [2.05, 4.69) is 9.40 Å². The second kappa shape index (κ2) is 1.63. The summed E-state index contributed by atoms with van der Waals surface area (Å²) in [7, 11) is 0. The molecule has 0 unspecified atom stereocenters. The van der Waals surface area contributed by atoms with Crippen LogP contribution in [0.5, 0.6) is 11.1 Å². The minimum Gasteiger partial charge on any atom is -0.486 e. The molecule has 4 nitrogen and oxygen atoms in total. The summed E-state index contributed by atoms with van der Waals surface area (Å²) >= 11 is 1.06. The molecule has 2 aromatic heterocycles. The number of nitrogens with zero attached hydrogens (tertiary/aromatic N) is 1. The van der Waals surface area contributed by atoms with Crippen LogP contribution in [0.1, 0.15) is 0 Å². The average Bonchev–Trinajstić information content (AvgIpc) is 2.21. The first-order valence-corrected chi connectivity index (χ1v) is 3.35. The maximum Gasteiger partial charge on any atom is 0.285 e. The molecule has 0 fully saturated rings. The van der Waals surface area contributed by atoms with Crippen LogP contribution in [0.3, 0.4) is 0 Å². The van der Waals surface area contributed by atoms with Crippen LogP contribution in [0.4, 0.5) is 0 Å². The molecule has 10 heavy (non-hydrogen) atoms. The van der Waals surface area contributed by atoms with Gasteiger partial charge in [0, 0.05) is 6.07 Å². The molecule has 0 aromatic carbocycles. The summed E-state index contributed by atoms with van der Waals surface area (Å²) in [6.07, 6.45) is 0. The van der Waals surface area contributed by atoms with Gasteiger partial charge in [-0.1, -0.05) is 11.3 Å². The summed E-state index contributed by atoms with van der Waals surface area (Å²) in [6, 6.07) is 1.41. The molecule has 2 rings (SSSR count). The Morgan fingerprint density at radius 3 is 3.00 bits per heavy atom. The second-order valence-electron chi connectivity index (χ2n) is 1.75. The highest BCUT2D eigenvalue weighted by Gasteiger charge is 2.07. The monoisotopic (exact) mass is 157 g/mol. The Hall–Kier alpha value is -1.23. The van der Waals surface area contributed by atoms with Crippen molar-refractivity contribution in [2.45, 2.75) is 0 Å². The van der Waals surface area contributed by atoms with Crippen LogP contribution in [0.15, 0.2) is 10.5 Å². The first kappa shape index (κ1) is 5.55. The van der Waals surface area contributed by atoms with Crippen LogP contribution in [-0.2, 0) is 0 Å². The van der Waals surface area contributed by atoms with E-state index in [1.54, 1.807) is 0 Å². The van der Waals surface area contributed by atoms with E-state index in [0.29, 0.717) is 4.70 Å². The van der Waals surface area contributed by atoms with Gasteiger partial charge in [0.1, 0.15) is 4.70 Å². The van der Waals surface area contributed by atoms with E-state index in [4.69, 9.17) is 10.2 Å². The molecule has 52 valence electrons. The lowest BCUT2D eigenvalue weighted by Gasteiger charge is -1.75. The molecule has 0 aliphatic carbocycles. The first-order valence-electron chi connectivity index (χ1n) is 2.54. The predicted octanol–water partition coefficient (Wildman–Crippen LogP) is 1.30. The number of aromatic hydroxyl groups is 2. The van der Waals surface area contributed by atoms with Crippen LogP contribution in [-0.4, -0.2) is 15.2 Å². The summed E-state index contributed by atoms with van der Waals surface area (Å²) in [5.41, 5.74) is 0.278. The van der Waals surface area contributed by atoms with E-state index in [9.17, 15) is 0 Å². The van der Waals surface area contributed by atoms with E-state index >= 15 is 0 Å². The molecule has 0 radical (unpaired) electrons. The lowest BCUT2D eigenvalue weighted by Crippen LogP contribution is -1.56. The van der Waals surface area contributed by atoms with Crippen LogP contribution < -0.4 is 0 Å². The van der Waals surface area contributed by atoms with Crippen LogP contribution in [0.2, 0.25) is 0 Å². The zero-order chi connectivity index (χ0) is 7.14. The number of fused-ring (bicyclic) bond motifs is 1. The summed E-state index contributed by atoms with van der Waals surface area (Å²) in [5.74, 6) is -0.172. The Bertz CT molecular complexity index is 301. The van der Waals surface area contributed by atoms with Crippen LogP contribution in [0, 0.1) is 0 Å². The highest BCUT2D eigenvalue weighted by atomic mass is 32.1. The number of thiazole rings is 1. The van der Waals surface area contributed by atoms with Crippen LogP contribution in [0.25, 0.3) is 10.4 Å². The van der Waals surface area contributed by atoms with Crippen molar-refractivity contribution in [1.29, 1.82) is 0 Å². The Labute approximate surface area is 59.4 Å². The van der Waals surface area contributed by atoms with Gasteiger partial charge in [-0.05, 0) is 0 Å². The highest BCUT2D eigenvalue weighted by Crippen LogP contribution is 2.31. The van der Waals surface area contributed by atoms with Gasteiger partial charge in [0.25, 0.3) is 11.1 Å². The number of hydrogen-bond acceptors (Lipinski definition) is 5. The number of aromatic nitrogens is 1. The molecule has 0 amide bonds. The SMILES string of the molecule is Oc1cc2sc(O)nc2o1. The minimum absolute atomic E-state index is 0.0475. The zero-order valence-corrected chi connectivity index (χ0v) is 5.55. The van der Waals surface area contributed by atoms with Crippen molar-refractivity contribution in [3.05, 3.63) is 6.07 Å². The molecule has 0 atom stereocenters. The maximum atomic E-state index is 8.80. The van der Waals surface area contributed by atoms with Crippen molar-refractivity contribution in [1.82, 2.24) is 4.98 Å². The Morgan fingerprint density at radius 1 is 1.50 bits per heavy atom. The Kier molecular flexibility index (Phi) is 0.906. The Balaban J connectivity index is 2.83. The smallest absolute Gasteiger partial charge is 0.285 e. The van der Waals surface area contributed by atoms with Crippen molar-refractivity contribution >= 4 is 21.8 Å². The largest absolute Gasteiger partial charge is 0.486 e. The zero-order valence-electron chi connectivity index (χ0n) is 4.74. The summed E-state index contributed by atoms with van der Waals surface area (Å²) in [5, 5.41) is 17.5. The number of rotatable bonds is 0. The molecule has 2 N–H and O–H groups in total. The number of furan rings is 1. The molecular weight excluding hydrogens is 154 g/mol. The van der Waals surface area contributed by atoms with E-state index in [0.717, 1.165) is 11.3 Å². The molecule has 5 heteroatoms. The molecule has 2 aromatic rings. The second-order valence-corrected chi connectivity index (χ2v) is 2.76. The predicted molar refractivity (Wildman–Crippen MR) is 35.2 cm³/mol. The molecular formula is C5H3NO3S. The maximum absolute atomic E-state index is 8.80. The van der Waals surface area contributed by atoms with Crippen molar-refractivity contribution in [2.75, 3.05) is 0 Å². The lowest BCUT2D eigenvalue weighted by atomic mass is 10.6. The molecule has 0 saturated carbocycles. The minimum atomic E-state index is -0.172. The molecule has 0 spiro atoms.